The van der Waals surface area contributed by atoms with Gasteiger partial charge >= 0.3 is 0 Å². The molecule has 102 valence electrons. The molecule has 1 unspecified atom stereocenters. The zero-order valence-electron chi connectivity index (χ0n) is 12.3. The Labute approximate surface area is 121 Å². The quantitative estimate of drug-likeness (QED) is 0.724. The summed E-state index contributed by atoms with van der Waals surface area (Å²) in [6, 6.07) is 10.3. The van der Waals surface area contributed by atoms with E-state index in [1.807, 2.05) is 18.2 Å². The highest BCUT2D eigenvalue weighted by molar-refractivity contribution is 6.94. The Kier molecular flexibility index (Phi) is 2.77. The molecule has 1 saturated carbocycles. The van der Waals surface area contributed by atoms with Gasteiger partial charge in [0.1, 0.15) is 5.41 Å². The number of carbonyl (C=O) groups excluding carboxylic acids is 1. The number of hydrogen-bond donors (Lipinski definition) is 0. The van der Waals surface area contributed by atoms with Gasteiger partial charge in [-0.3, -0.25) is 4.79 Å². The number of rotatable bonds is 1. The van der Waals surface area contributed by atoms with Crippen molar-refractivity contribution in [2.24, 2.45) is 5.41 Å². The maximum absolute atomic E-state index is 12.9. The number of hydrogen-bond acceptors (Lipinski definition) is 2. The maximum atomic E-state index is 12.9. The Balaban J connectivity index is 2.41. The van der Waals surface area contributed by atoms with Gasteiger partial charge in [-0.25, -0.2) is 0 Å². The lowest BCUT2D eigenvalue weighted by Crippen LogP contribution is -2.38. The van der Waals surface area contributed by atoms with Crippen LogP contribution in [0.3, 0.4) is 0 Å². The smallest absolute Gasteiger partial charge is 0.187 e. The van der Waals surface area contributed by atoms with E-state index >= 15 is 0 Å². The van der Waals surface area contributed by atoms with E-state index < -0.39 is 13.5 Å². The monoisotopic (exact) mass is 281 g/mol. The second kappa shape index (κ2) is 4.16. The molecule has 0 saturated heterocycles. The third-order valence-corrected chi connectivity index (χ3v) is 6.64. The minimum atomic E-state index is -1.61. The van der Waals surface area contributed by atoms with Crippen LogP contribution in [0.15, 0.2) is 29.8 Å². The molecule has 2 nitrogen and oxygen atoms in total. The Morgan fingerprint density at radius 2 is 1.85 bits per heavy atom. The lowest BCUT2D eigenvalue weighted by molar-refractivity contribution is 0.0893. The summed E-state index contributed by atoms with van der Waals surface area (Å²) in [5.74, 6) is 0.0325. The predicted octanol–water partition coefficient (Wildman–Crippen LogP) is 4.21. The van der Waals surface area contributed by atoms with E-state index in [9.17, 15) is 10.1 Å². The van der Waals surface area contributed by atoms with E-state index in [-0.39, 0.29) is 5.78 Å². The van der Waals surface area contributed by atoms with Crippen molar-refractivity contribution < 1.29 is 4.79 Å². The molecule has 0 spiro atoms. The number of allylic oxidation sites excluding steroid dienone is 1. The molecule has 3 heteroatoms. The average molecular weight is 281 g/mol. The van der Waals surface area contributed by atoms with E-state index in [0.717, 1.165) is 29.5 Å². The fourth-order valence-electron chi connectivity index (χ4n) is 3.81. The summed E-state index contributed by atoms with van der Waals surface area (Å²) in [7, 11) is -1.61. The summed E-state index contributed by atoms with van der Waals surface area (Å²) in [6.07, 6.45) is 2.56. The van der Waals surface area contributed by atoms with Gasteiger partial charge in [-0.2, -0.15) is 5.26 Å². The van der Waals surface area contributed by atoms with Crippen molar-refractivity contribution in [1.82, 2.24) is 0 Å². The van der Waals surface area contributed by atoms with Crippen LogP contribution < -0.4 is 0 Å². The topological polar surface area (TPSA) is 40.9 Å². The molecule has 0 N–H and O–H groups in total. The number of nitrogens with zero attached hydrogens (tertiary/aromatic N) is 1. The van der Waals surface area contributed by atoms with Gasteiger partial charge in [0.2, 0.25) is 0 Å². The number of carbonyl (C=O) groups is 1. The van der Waals surface area contributed by atoms with E-state index in [1.54, 1.807) is 0 Å². The van der Waals surface area contributed by atoms with Gasteiger partial charge in [0.05, 0.1) is 14.1 Å². The number of nitriles is 1. The lowest BCUT2D eigenvalue weighted by Gasteiger charge is -2.36. The third kappa shape index (κ3) is 1.58. The van der Waals surface area contributed by atoms with Crippen molar-refractivity contribution in [3.05, 3.63) is 41.0 Å². The molecule has 0 amide bonds. The fraction of sp³-hybridized carbons (Fsp3) is 0.412. The first-order chi connectivity index (χ1) is 9.42. The van der Waals surface area contributed by atoms with Crippen molar-refractivity contribution in [2.45, 2.75) is 38.9 Å². The molecule has 2 aliphatic rings. The van der Waals surface area contributed by atoms with Crippen molar-refractivity contribution in [3.8, 4) is 6.07 Å². The van der Waals surface area contributed by atoms with E-state index in [1.165, 1.54) is 5.20 Å². The molecule has 1 aromatic carbocycles. The van der Waals surface area contributed by atoms with Crippen molar-refractivity contribution in [2.75, 3.05) is 0 Å². The molecule has 0 bridgehead atoms. The Hall–Kier alpha value is -1.66. The molecular weight excluding hydrogens is 262 g/mol. The van der Waals surface area contributed by atoms with Crippen molar-refractivity contribution in [3.63, 3.8) is 0 Å². The molecule has 20 heavy (non-hydrogen) atoms. The summed E-state index contributed by atoms with van der Waals surface area (Å²) < 4.78 is 0. The normalized spacial score (nSPS) is 25.2. The van der Waals surface area contributed by atoms with Crippen molar-refractivity contribution >= 4 is 19.1 Å². The standard InChI is InChI=1S/C17H19NOSi/c1-20(2,3)15-12-7-4-5-8-13(12)16(19)17(11-18)10-6-9-14(15)17/h4-5,7-8H,6,9-10H2,1-3H3. The van der Waals surface area contributed by atoms with E-state index in [2.05, 4.69) is 31.8 Å². The zero-order valence-corrected chi connectivity index (χ0v) is 13.3. The van der Waals surface area contributed by atoms with Crippen LogP contribution >= 0.6 is 0 Å². The molecule has 2 aliphatic carbocycles. The van der Waals surface area contributed by atoms with Crippen LogP contribution in [0.5, 0.6) is 0 Å². The van der Waals surface area contributed by atoms with Crippen LogP contribution in [-0.2, 0) is 0 Å². The van der Waals surface area contributed by atoms with Gasteiger partial charge in [-0.05, 0) is 30.4 Å². The first-order valence-corrected chi connectivity index (χ1v) is 10.7. The van der Waals surface area contributed by atoms with Crippen LogP contribution in [-0.4, -0.2) is 13.9 Å². The summed E-state index contributed by atoms with van der Waals surface area (Å²) in [6.45, 7) is 6.92. The molecular formula is C17H19NOSi. The second-order valence-electron chi connectivity index (χ2n) is 6.85. The average Bonchev–Trinajstić information content (AvgIpc) is 2.82. The van der Waals surface area contributed by atoms with Crippen LogP contribution in [0, 0.1) is 16.7 Å². The molecule has 0 radical (unpaired) electrons. The molecule has 0 aromatic heterocycles. The van der Waals surface area contributed by atoms with Crippen LogP contribution in [0.25, 0.3) is 5.20 Å². The van der Waals surface area contributed by atoms with Crippen molar-refractivity contribution in [1.29, 1.82) is 5.26 Å². The zero-order chi connectivity index (χ0) is 14.5. The van der Waals surface area contributed by atoms with E-state index in [0.29, 0.717) is 6.42 Å². The SMILES string of the molecule is C[Si](C)(C)C1=C2CCCC2(C#N)C(=O)c2ccccc21. The third-order valence-electron chi connectivity index (χ3n) is 4.57. The number of benzene rings is 1. The first kappa shape index (κ1) is 13.3. The Bertz CT molecular complexity index is 675. The highest BCUT2D eigenvalue weighted by Gasteiger charge is 2.52. The van der Waals surface area contributed by atoms with Crippen LogP contribution in [0.4, 0.5) is 0 Å². The van der Waals surface area contributed by atoms with Gasteiger partial charge in [0, 0.05) is 5.56 Å². The minimum absolute atomic E-state index is 0.0325. The Morgan fingerprint density at radius 1 is 1.20 bits per heavy atom. The second-order valence-corrected chi connectivity index (χ2v) is 11.8. The first-order valence-electron chi connectivity index (χ1n) is 7.21. The summed E-state index contributed by atoms with van der Waals surface area (Å²) in [5.41, 5.74) is 2.14. The number of fused-ring (bicyclic) bond motifs is 2. The molecule has 1 fully saturated rings. The minimum Gasteiger partial charge on any atom is -0.292 e. The maximum Gasteiger partial charge on any atom is 0.187 e. The number of ketones is 1. The molecule has 0 aliphatic heterocycles. The van der Waals surface area contributed by atoms with Gasteiger partial charge in [0.15, 0.2) is 5.78 Å². The Morgan fingerprint density at radius 3 is 2.45 bits per heavy atom. The molecule has 1 atom stereocenters. The summed E-state index contributed by atoms with van der Waals surface area (Å²) in [4.78, 5) is 12.9. The van der Waals surface area contributed by atoms with Crippen LogP contribution in [0.2, 0.25) is 19.6 Å². The van der Waals surface area contributed by atoms with E-state index in [4.69, 9.17) is 0 Å². The largest absolute Gasteiger partial charge is 0.292 e. The fourth-order valence-corrected chi connectivity index (χ4v) is 6.08. The van der Waals surface area contributed by atoms with Crippen LogP contribution in [0.1, 0.15) is 35.2 Å². The highest BCUT2D eigenvalue weighted by atomic mass is 28.3. The van der Waals surface area contributed by atoms with Gasteiger partial charge in [-0.15, -0.1) is 0 Å². The molecule has 1 aromatic rings. The van der Waals surface area contributed by atoms with Gasteiger partial charge in [-0.1, -0.05) is 49.1 Å². The van der Waals surface area contributed by atoms with Gasteiger partial charge in [0.25, 0.3) is 0 Å². The summed E-state index contributed by atoms with van der Waals surface area (Å²) in [5, 5.41) is 11.1. The molecule has 3 rings (SSSR count). The predicted molar refractivity (Wildman–Crippen MR) is 82.9 cm³/mol. The molecule has 0 heterocycles. The highest BCUT2D eigenvalue weighted by Crippen LogP contribution is 2.53. The summed E-state index contributed by atoms with van der Waals surface area (Å²) >= 11 is 0. The number of Topliss-reactive ketones (excluding diaryl/α,β-unsaturated/α-hetero) is 1. The lowest BCUT2D eigenvalue weighted by atomic mass is 9.72. The van der Waals surface area contributed by atoms with Gasteiger partial charge < -0.3 is 0 Å².